The van der Waals surface area contributed by atoms with Gasteiger partial charge in [-0.3, -0.25) is 9.59 Å². The van der Waals surface area contributed by atoms with Crippen LogP contribution in [0.4, 0.5) is 4.79 Å². The van der Waals surface area contributed by atoms with Crippen molar-refractivity contribution in [1.82, 2.24) is 10.2 Å². The zero-order valence-corrected chi connectivity index (χ0v) is 20.3. The van der Waals surface area contributed by atoms with Gasteiger partial charge in [-0.05, 0) is 42.5 Å². The summed E-state index contributed by atoms with van der Waals surface area (Å²) in [5, 5.41) is 12.1. The Bertz CT molecular complexity index is 1070. The summed E-state index contributed by atoms with van der Waals surface area (Å²) in [7, 11) is 0. The van der Waals surface area contributed by atoms with Crippen LogP contribution in [0, 0.1) is 5.41 Å². The molecular weight excluding hydrogens is 448 g/mol. The van der Waals surface area contributed by atoms with Crippen LogP contribution in [-0.4, -0.2) is 66.4 Å². The van der Waals surface area contributed by atoms with E-state index in [0.29, 0.717) is 6.42 Å². The van der Waals surface area contributed by atoms with Crippen molar-refractivity contribution in [2.45, 2.75) is 45.2 Å². The molecule has 186 valence electrons. The molecule has 1 aliphatic heterocycles. The number of carboxylic acids is 1. The lowest BCUT2D eigenvalue weighted by Crippen LogP contribution is -2.57. The first-order chi connectivity index (χ1) is 16.8. The number of amides is 2. The number of ether oxygens (including phenoxy) is 2. The Balaban J connectivity index is 1.44. The molecule has 0 bridgehead atoms. The van der Waals surface area contributed by atoms with Gasteiger partial charge in [0.2, 0.25) is 5.91 Å². The van der Waals surface area contributed by atoms with Crippen LogP contribution in [0.15, 0.2) is 48.5 Å². The Hall–Kier alpha value is -3.39. The van der Waals surface area contributed by atoms with Gasteiger partial charge in [0.15, 0.2) is 0 Å². The summed E-state index contributed by atoms with van der Waals surface area (Å²) < 4.78 is 11.2. The third kappa shape index (κ3) is 4.75. The van der Waals surface area contributed by atoms with Gasteiger partial charge in [-0.2, -0.15) is 0 Å². The lowest BCUT2D eigenvalue weighted by Gasteiger charge is -2.36. The summed E-state index contributed by atoms with van der Waals surface area (Å²) in [4.78, 5) is 39.0. The molecule has 2 N–H and O–H groups in total. The first kappa shape index (κ1) is 24.7. The molecule has 1 fully saturated rings. The van der Waals surface area contributed by atoms with Gasteiger partial charge in [0.25, 0.3) is 0 Å². The van der Waals surface area contributed by atoms with E-state index in [0.717, 1.165) is 22.3 Å². The summed E-state index contributed by atoms with van der Waals surface area (Å²) >= 11 is 0. The molecule has 0 aromatic heterocycles. The van der Waals surface area contributed by atoms with Gasteiger partial charge in [0, 0.05) is 12.0 Å². The third-order valence-electron chi connectivity index (χ3n) is 7.27. The van der Waals surface area contributed by atoms with Crippen molar-refractivity contribution in [3.05, 3.63) is 59.7 Å². The van der Waals surface area contributed by atoms with Crippen LogP contribution < -0.4 is 5.32 Å². The minimum absolute atomic E-state index is 0.0718. The third-order valence-corrected chi connectivity index (χ3v) is 7.27. The van der Waals surface area contributed by atoms with E-state index in [9.17, 15) is 19.5 Å². The van der Waals surface area contributed by atoms with Crippen molar-refractivity contribution in [2.75, 3.05) is 26.4 Å². The number of nitrogens with zero attached hydrogens (tertiary/aromatic N) is 1. The summed E-state index contributed by atoms with van der Waals surface area (Å²) in [6.45, 7) is 5.41. The number of rotatable bonds is 8. The highest BCUT2D eigenvalue weighted by Gasteiger charge is 2.50. The van der Waals surface area contributed by atoms with Crippen molar-refractivity contribution in [2.24, 2.45) is 5.41 Å². The summed E-state index contributed by atoms with van der Waals surface area (Å²) in [6, 6.07) is 15.3. The predicted molar refractivity (Wildman–Crippen MR) is 130 cm³/mol. The van der Waals surface area contributed by atoms with Crippen molar-refractivity contribution in [1.29, 1.82) is 0 Å². The van der Waals surface area contributed by atoms with Gasteiger partial charge in [-0.1, -0.05) is 55.5 Å². The fourth-order valence-electron chi connectivity index (χ4n) is 4.99. The Kier molecular flexibility index (Phi) is 7.12. The molecule has 1 aliphatic carbocycles. The number of carbonyl (C=O) groups is 3. The summed E-state index contributed by atoms with van der Waals surface area (Å²) in [6.07, 6.45) is -0.0184. The fraction of sp³-hybridized carbons (Fsp3) is 0.444. The SMILES string of the molecule is CCC(C)N(CC(=O)O)C(=O)C1(C)COCC1NC(=O)OCC1c2ccccc2-c2ccccc21. The van der Waals surface area contributed by atoms with Gasteiger partial charge >= 0.3 is 12.1 Å². The lowest BCUT2D eigenvalue weighted by atomic mass is 9.83. The number of hydrogen-bond acceptors (Lipinski definition) is 5. The number of hydrogen-bond donors (Lipinski definition) is 2. The molecule has 3 unspecified atom stereocenters. The van der Waals surface area contributed by atoms with Crippen molar-refractivity contribution >= 4 is 18.0 Å². The molecule has 8 heteroatoms. The average Bonchev–Trinajstić information content (AvgIpc) is 3.38. The number of carboxylic acid groups (broad SMARTS) is 1. The maximum absolute atomic E-state index is 13.4. The minimum Gasteiger partial charge on any atom is -0.480 e. The highest BCUT2D eigenvalue weighted by atomic mass is 16.5. The van der Waals surface area contributed by atoms with E-state index in [1.165, 1.54) is 4.90 Å². The van der Waals surface area contributed by atoms with Crippen LogP contribution in [0.2, 0.25) is 0 Å². The zero-order chi connectivity index (χ0) is 25.2. The monoisotopic (exact) mass is 480 g/mol. The average molecular weight is 481 g/mol. The van der Waals surface area contributed by atoms with E-state index in [4.69, 9.17) is 9.47 Å². The Morgan fingerprint density at radius 1 is 1.14 bits per heavy atom. The molecule has 2 aromatic carbocycles. The van der Waals surface area contributed by atoms with Gasteiger partial charge < -0.3 is 24.8 Å². The number of fused-ring (bicyclic) bond motifs is 3. The Morgan fingerprint density at radius 3 is 2.31 bits per heavy atom. The van der Waals surface area contributed by atoms with Crippen molar-refractivity contribution in [3.8, 4) is 11.1 Å². The first-order valence-electron chi connectivity index (χ1n) is 12.0. The zero-order valence-electron chi connectivity index (χ0n) is 20.3. The maximum atomic E-state index is 13.4. The van der Waals surface area contributed by atoms with Crippen LogP contribution in [-0.2, 0) is 19.1 Å². The van der Waals surface area contributed by atoms with Gasteiger partial charge in [0.05, 0.1) is 24.7 Å². The Labute approximate surface area is 205 Å². The molecule has 35 heavy (non-hydrogen) atoms. The van der Waals surface area contributed by atoms with Crippen LogP contribution >= 0.6 is 0 Å². The van der Waals surface area contributed by atoms with E-state index < -0.39 is 30.1 Å². The molecule has 8 nitrogen and oxygen atoms in total. The summed E-state index contributed by atoms with van der Waals surface area (Å²) in [5.41, 5.74) is 3.42. The molecule has 4 rings (SSSR count). The quantitative estimate of drug-likeness (QED) is 0.598. The second kappa shape index (κ2) is 10.1. The molecular formula is C27H32N2O6. The molecule has 3 atom stereocenters. The van der Waals surface area contributed by atoms with E-state index in [1.54, 1.807) is 6.92 Å². The smallest absolute Gasteiger partial charge is 0.407 e. The molecule has 0 radical (unpaired) electrons. The molecule has 0 spiro atoms. The second-order valence-electron chi connectivity index (χ2n) is 9.54. The lowest BCUT2D eigenvalue weighted by molar-refractivity contribution is -0.152. The molecule has 1 saturated heterocycles. The largest absolute Gasteiger partial charge is 0.480 e. The minimum atomic E-state index is -1.09. The van der Waals surface area contributed by atoms with Gasteiger partial charge in [-0.25, -0.2) is 4.79 Å². The van der Waals surface area contributed by atoms with E-state index in [2.05, 4.69) is 17.4 Å². The topological polar surface area (TPSA) is 105 Å². The number of nitrogens with one attached hydrogen (secondary N) is 1. The maximum Gasteiger partial charge on any atom is 0.407 e. The normalized spacial score (nSPS) is 21.6. The van der Waals surface area contributed by atoms with Gasteiger partial charge in [0.1, 0.15) is 13.2 Å². The molecule has 2 aliphatic rings. The van der Waals surface area contributed by atoms with Crippen molar-refractivity contribution in [3.63, 3.8) is 0 Å². The Morgan fingerprint density at radius 2 is 1.74 bits per heavy atom. The van der Waals surface area contributed by atoms with Crippen LogP contribution in [0.5, 0.6) is 0 Å². The summed E-state index contributed by atoms with van der Waals surface area (Å²) in [5.74, 6) is -1.50. The first-order valence-corrected chi connectivity index (χ1v) is 12.0. The fourth-order valence-corrected chi connectivity index (χ4v) is 4.99. The number of benzene rings is 2. The second-order valence-corrected chi connectivity index (χ2v) is 9.54. The molecule has 2 aromatic rings. The molecule has 0 saturated carbocycles. The van der Waals surface area contributed by atoms with Crippen LogP contribution in [0.1, 0.15) is 44.2 Å². The van der Waals surface area contributed by atoms with E-state index in [1.807, 2.05) is 50.2 Å². The van der Waals surface area contributed by atoms with E-state index in [-0.39, 0.29) is 37.7 Å². The highest BCUT2D eigenvalue weighted by molar-refractivity contribution is 5.87. The molecule has 1 heterocycles. The predicted octanol–water partition coefficient (Wildman–Crippen LogP) is 3.64. The number of aliphatic carboxylic acids is 1. The van der Waals surface area contributed by atoms with Crippen LogP contribution in [0.3, 0.4) is 0 Å². The van der Waals surface area contributed by atoms with Gasteiger partial charge in [-0.15, -0.1) is 0 Å². The highest BCUT2D eigenvalue weighted by Crippen LogP contribution is 2.44. The van der Waals surface area contributed by atoms with Crippen LogP contribution in [0.25, 0.3) is 11.1 Å². The van der Waals surface area contributed by atoms with Crippen molar-refractivity contribution < 1.29 is 29.0 Å². The number of carbonyl (C=O) groups excluding carboxylic acids is 2. The standard InChI is InChI=1S/C27H32N2O6/c1-4-17(2)29(13-24(30)31)25(32)27(3)16-34-15-23(27)28-26(33)35-14-22-20-11-7-5-9-18(20)19-10-6-8-12-21(19)22/h5-12,17,22-23H,4,13-16H2,1-3H3,(H,28,33)(H,30,31). The molecule has 2 amide bonds. The number of alkyl carbamates (subject to hydrolysis) is 1. The van der Waals surface area contributed by atoms with E-state index >= 15 is 0 Å².